The van der Waals surface area contributed by atoms with E-state index in [1.807, 2.05) is 12.1 Å². The van der Waals surface area contributed by atoms with E-state index in [1.165, 1.54) is 25.1 Å². The van der Waals surface area contributed by atoms with Crippen molar-refractivity contribution in [3.63, 3.8) is 0 Å². The number of carbonyl (C=O) groups excluding carboxylic acids is 1. The fourth-order valence-electron chi connectivity index (χ4n) is 3.46. The fourth-order valence-corrected chi connectivity index (χ4v) is 3.46. The third-order valence-electron chi connectivity index (χ3n) is 4.40. The molecule has 1 aromatic carbocycles. The van der Waals surface area contributed by atoms with Crippen LogP contribution in [0.25, 0.3) is 0 Å². The number of likely N-dealkylation sites (tertiary alicyclic amines) is 1. The van der Waals surface area contributed by atoms with Crippen LogP contribution in [0.5, 0.6) is 0 Å². The van der Waals surface area contributed by atoms with Crippen LogP contribution in [0.1, 0.15) is 37.8 Å². The molecule has 2 atom stereocenters. The maximum absolute atomic E-state index is 11.9. The molecular formula is C19H30N2O. The molecule has 1 N–H and O–H groups in total. The van der Waals surface area contributed by atoms with Crippen LogP contribution in [0.15, 0.2) is 24.3 Å². The van der Waals surface area contributed by atoms with Crippen LogP contribution in [0.4, 0.5) is 0 Å². The molecule has 122 valence electrons. The highest BCUT2D eigenvalue weighted by atomic mass is 16.1. The van der Waals surface area contributed by atoms with Crippen LogP contribution < -0.4 is 5.32 Å². The van der Waals surface area contributed by atoms with Gasteiger partial charge in [-0.3, -0.25) is 4.79 Å². The summed E-state index contributed by atoms with van der Waals surface area (Å²) in [6.45, 7) is 11.0. The maximum atomic E-state index is 11.9. The molecule has 22 heavy (non-hydrogen) atoms. The van der Waals surface area contributed by atoms with E-state index in [-0.39, 0.29) is 5.91 Å². The second-order valence-electron chi connectivity index (χ2n) is 7.07. The van der Waals surface area contributed by atoms with Crippen molar-refractivity contribution >= 4 is 5.91 Å². The quantitative estimate of drug-likeness (QED) is 0.819. The molecule has 2 unspecified atom stereocenters. The predicted molar refractivity (Wildman–Crippen MR) is 91.9 cm³/mol. The van der Waals surface area contributed by atoms with Gasteiger partial charge in [0.1, 0.15) is 0 Å². The lowest BCUT2D eigenvalue weighted by atomic mass is 9.92. The van der Waals surface area contributed by atoms with Crippen molar-refractivity contribution in [3.05, 3.63) is 35.4 Å². The average Bonchev–Trinajstić information content (AvgIpc) is 2.45. The number of hydrogen-bond donors (Lipinski definition) is 1. The van der Waals surface area contributed by atoms with Gasteiger partial charge in [0.15, 0.2) is 0 Å². The fraction of sp³-hybridized carbons (Fsp3) is 0.632. The van der Waals surface area contributed by atoms with Crippen LogP contribution >= 0.6 is 0 Å². The first kappa shape index (κ1) is 17.0. The van der Waals surface area contributed by atoms with Crippen molar-refractivity contribution in [2.45, 2.75) is 40.0 Å². The topological polar surface area (TPSA) is 32.3 Å². The van der Waals surface area contributed by atoms with Crippen LogP contribution in [-0.2, 0) is 11.2 Å². The smallest absolute Gasteiger partial charge is 0.224 e. The van der Waals surface area contributed by atoms with Crippen LogP contribution in [-0.4, -0.2) is 37.0 Å². The third kappa shape index (κ3) is 5.80. The summed E-state index contributed by atoms with van der Waals surface area (Å²) in [4.78, 5) is 14.5. The summed E-state index contributed by atoms with van der Waals surface area (Å²) in [7, 11) is 0. The second kappa shape index (κ2) is 8.33. The summed E-state index contributed by atoms with van der Waals surface area (Å²) in [5.41, 5.74) is 2.32. The minimum atomic E-state index is 0.129. The summed E-state index contributed by atoms with van der Waals surface area (Å²) in [5, 5.41) is 3.04. The van der Waals surface area contributed by atoms with Crippen molar-refractivity contribution in [2.24, 2.45) is 11.8 Å². The zero-order chi connectivity index (χ0) is 15.9. The Morgan fingerprint density at radius 3 is 2.45 bits per heavy atom. The van der Waals surface area contributed by atoms with E-state index in [4.69, 9.17) is 0 Å². The molecule has 0 bridgehead atoms. The first-order valence-electron chi connectivity index (χ1n) is 8.57. The first-order chi connectivity index (χ1) is 10.5. The van der Waals surface area contributed by atoms with E-state index >= 15 is 0 Å². The molecule has 1 heterocycles. The van der Waals surface area contributed by atoms with Gasteiger partial charge in [-0.05, 0) is 43.7 Å². The Balaban J connectivity index is 1.62. The number of carbonyl (C=O) groups is 1. The Morgan fingerprint density at radius 2 is 1.82 bits per heavy atom. The van der Waals surface area contributed by atoms with Gasteiger partial charge in [-0.25, -0.2) is 0 Å². The lowest BCUT2D eigenvalue weighted by Crippen LogP contribution is -2.40. The normalized spacial score (nSPS) is 22.5. The van der Waals surface area contributed by atoms with Gasteiger partial charge in [0.25, 0.3) is 0 Å². The average molecular weight is 302 g/mol. The number of benzene rings is 1. The molecule has 3 heteroatoms. The standard InChI is InChI=1S/C19H30N2O/c1-15-5-7-18(8-6-15)12-19(22)20-9-4-10-21-13-16(2)11-17(3)14-21/h5-8,16-17H,4,9-14H2,1-3H3,(H,20,22). The van der Waals surface area contributed by atoms with Gasteiger partial charge in [0.2, 0.25) is 5.91 Å². The molecule has 0 radical (unpaired) electrons. The number of rotatable bonds is 6. The predicted octanol–water partition coefficient (Wildman–Crippen LogP) is 3.02. The van der Waals surface area contributed by atoms with Crippen molar-refractivity contribution in [1.29, 1.82) is 0 Å². The SMILES string of the molecule is Cc1ccc(CC(=O)NCCCN2CC(C)CC(C)C2)cc1. The second-order valence-corrected chi connectivity index (χ2v) is 7.07. The van der Waals surface area contributed by atoms with Gasteiger partial charge in [0, 0.05) is 19.6 Å². The molecule has 1 aromatic rings. The Morgan fingerprint density at radius 1 is 1.18 bits per heavy atom. The first-order valence-corrected chi connectivity index (χ1v) is 8.57. The number of nitrogens with one attached hydrogen (secondary N) is 1. The molecule has 2 rings (SSSR count). The van der Waals surface area contributed by atoms with E-state index < -0.39 is 0 Å². The van der Waals surface area contributed by atoms with Crippen molar-refractivity contribution in [3.8, 4) is 0 Å². The monoisotopic (exact) mass is 302 g/mol. The Labute approximate surface area is 135 Å². The number of hydrogen-bond acceptors (Lipinski definition) is 2. The molecule has 0 aromatic heterocycles. The minimum Gasteiger partial charge on any atom is -0.356 e. The highest BCUT2D eigenvalue weighted by Crippen LogP contribution is 2.20. The maximum Gasteiger partial charge on any atom is 0.224 e. The van der Waals surface area contributed by atoms with Crippen molar-refractivity contribution in [2.75, 3.05) is 26.2 Å². The molecule has 3 nitrogen and oxygen atoms in total. The summed E-state index contributed by atoms with van der Waals surface area (Å²) in [5.74, 6) is 1.74. The lowest BCUT2D eigenvalue weighted by Gasteiger charge is -2.34. The Hall–Kier alpha value is -1.35. The van der Waals surface area contributed by atoms with Gasteiger partial charge >= 0.3 is 0 Å². The van der Waals surface area contributed by atoms with E-state index in [2.05, 4.69) is 43.1 Å². The summed E-state index contributed by atoms with van der Waals surface area (Å²) in [6.07, 6.45) is 2.88. The minimum absolute atomic E-state index is 0.129. The van der Waals surface area contributed by atoms with Crippen LogP contribution in [0, 0.1) is 18.8 Å². The van der Waals surface area contributed by atoms with Crippen LogP contribution in [0.2, 0.25) is 0 Å². The zero-order valence-electron chi connectivity index (χ0n) is 14.3. The molecule has 1 aliphatic heterocycles. The van der Waals surface area contributed by atoms with E-state index in [0.717, 1.165) is 36.9 Å². The number of aryl methyl sites for hydroxylation is 1. The largest absolute Gasteiger partial charge is 0.356 e. The van der Waals surface area contributed by atoms with Gasteiger partial charge in [-0.15, -0.1) is 0 Å². The zero-order valence-corrected chi connectivity index (χ0v) is 14.3. The lowest BCUT2D eigenvalue weighted by molar-refractivity contribution is -0.120. The molecule has 1 fully saturated rings. The molecular weight excluding hydrogens is 272 g/mol. The summed E-state index contributed by atoms with van der Waals surface area (Å²) >= 11 is 0. The molecule has 0 spiro atoms. The van der Waals surface area contributed by atoms with E-state index in [9.17, 15) is 4.79 Å². The molecule has 1 saturated heterocycles. The summed E-state index contributed by atoms with van der Waals surface area (Å²) in [6, 6.07) is 8.18. The van der Waals surface area contributed by atoms with Gasteiger partial charge < -0.3 is 10.2 Å². The van der Waals surface area contributed by atoms with Gasteiger partial charge in [-0.1, -0.05) is 43.7 Å². The van der Waals surface area contributed by atoms with Gasteiger partial charge in [0.05, 0.1) is 6.42 Å². The number of piperidine rings is 1. The molecule has 0 saturated carbocycles. The Kier molecular flexibility index (Phi) is 6.44. The molecule has 1 amide bonds. The third-order valence-corrected chi connectivity index (χ3v) is 4.40. The van der Waals surface area contributed by atoms with Crippen molar-refractivity contribution in [1.82, 2.24) is 10.2 Å². The number of amides is 1. The van der Waals surface area contributed by atoms with E-state index in [0.29, 0.717) is 6.42 Å². The highest BCUT2D eigenvalue weighted by Gasteiger charge is 2.20. The highest BCUT2D eigenvalue weighted by molar-refractivity contribution is 5.78. The number of nitrogens with zero attached hydrogens (tertiary/aromatic N) is 1. The van der Waals surface area contributed by atoms with Crippen LogP contribution in [0.3, 0.4) is 0 Å². The van der Waals surface area contributed by atoms with Gasteiger partial charge in [-0.2, -0.15) is 0 Å². The Bertz CT molecular complexity index is 459. The summed E-state index contributed by atoms with van der Waals surface area (Å²) < 4.78 is 0. The molecule has 0 aliphatic carbocycles. The van der Waals surface area contributed by atoms with E-state index in [1.54, 1.807) is 0 Å². The molecule has 1 aliphatic rings. The van der Waals surface area contributed by atoms with Crippen molar-refractivity contribution < 1.29 is 4.79 Å².